The second kappa shape index (κ2) is 6.13. The van der Waals surface area contributed by atoms with E-state index in [4.69, 9.17) is 9.47 Å². The Morgan fingerprint density at radius 3 is 2.38 bits per heavy atom. The molecule has 2 atom stereocenters. The van der Waals surface area contributed by atoms with E-state index in [1.165, 1.54) is 0 Å². The van der Waals surface area contributed by atoms with Gasteiger partial charge in [0.15, 0.2) is 5.79 Å². The molecule has 0 aromatic heterocycles. The third kappa shape index (κ3) is 5.00. The minimum absolute atomic E-state index is 0. The predicted octanol–water partition coefficient (Wildman–Crippen LogP) is -2.14. The van der Waals surface area contributed by atoms with E-state index < -0.39 is 21.2 Å². The van der Waals surface area contributed by atoms with Crippen LogP contribution in [0, 0.1) is 0 Å². The average molecular weight is 260 g/mol. The maximum absolute atomic E-state index is 10.9. The Hall–Kier alpha value is 0.830. The van der Waals surface area contributed by atoms with Crippen LogP contribution in [-0.2, 0) is 19.6 Å². The molecule has 0 amide bonds. The average Bonchev–Trinajstić information content (AvgIpc) is 2.39. The second-order valence-electron chi connectivity index (χ2n) is 4.21. The molecule has 0 aromatic rings. The number of hydrogen-bond acceptors (Lipinski definition) is 5. The van der Waals surface area contributed by atoms with Gasteiger partial charge in [-0.1, -0.05) is 6.92 Å². The zero-order chi connectivity index (χ0) is 11.7. The zero-order valence-corrected chi connectivity index (χ0v) is 13.0. The normalized spacial score (nSPS) is 26.1. The Labute approximate surface area is 119 Å². The molecule has 5 nitrogen and oxygen atoms in total. The van der Waals surface area contributed by atoms with Crippen molar-refractivity contribution in [3.63, 3.8) is 0 Å². The van der Waals surface area contributed by atoms with E-state index in [1.807, 2.05) is 0 Å². The molecule has 1 heterocycles. The summed E-state index contributed by atoms with van der Waals surface area (Å²) in [5.74, 6) is -0.671. The molecular formula is C9H17NaO5S. The monoisotopic (exact) mass is 260 g/mol. The molecule has 0 aliphatic carbocycles. The topological polar surface area (TPSA) is 75.7 Å². The van der Waals surface area contributed by atoms with Crippen LogP contribution in [0.2, 0.25) is 0 Å². The van der Waals surface area contributed by atoms with Crippen LogP contribution >= 0.6 is 0 Å². The first-order valence-electron chi connectivity index (χ1n) is 5.01. The van der Waals surface area contributed by atoms with Crippen molar-refractivity contribution in [2.45, 2.75) is 50.8 Å². The van der Waals surface area contributed by atoms with Gasteiger partial charge in [-0.15, -0.1) is 0 Å². The van der Waals surface area contributed by atoms with E-state index in [0.29, 0.717) is 13.0 Å². The van der Waals surface area contributed by atoms with Gasteiger partial charge >= 0.3 is 29.6 Å². The van der Waals surface area contributed by atoms with Crippen LogP contribution in [0.1, 0.15) is 33.6 Å². The van der Waals surface area contributed by atoms with Crippen LogP contribution in [0.5, 0.6) is 0 Å². The molecule has 1 aliphatic heterocycles. The molecule has 0 bridgehead atoms. The summed E-state index contributed by atoms with van der Waals surface area (Å²) in [7, 11) is -4.23. The Kier molecular flexibility index (Phi) is 6.45. The molecule has 1 aliphatic rings. The molecule has 90 valence electrons. The zero-order valence-electron chi connectivity index (χ0n) is 10.2. The van der Waals surface area contributed by atoms with Crippen molar-refractivity contribution < 1.29 is 52.0 Å². The van der Waals surface area contributed by atoms with Crippen LogP contribution < -0.4 is 29.6 Å². The first kappa shape index (κ1) is 16.8. The number of ether oxygens (including phenoxy) is 2. The molecule has 7 heteroatoms. The maximum atomic E-state index is 10.9. The summed E-state index contributed by atoms with van der Waals surface area (Å²) in [6.45, 7) is 5.55. The summed E-state index contributed by atoms with van der Waals surface area (Å²) in [5.41, 5.74) is 0. The van der Waals surface area contributed by atoms with E-state index in [0.717, 1.165) is 0 Å². The smallest absolute Gasteiger partial charge is 0.748 e. The second-order valence-corrected chi connectivity index (χ2v) is 5.86. The Balaban J connectivity index is 0.00000225. The molecule has 0 aromatic carbocycles. The van der Waals surface area contributed by atoms with Gasteiger partial charge in [-0.2, -0.15) is 0 Å². The van der Waals surface area contributed by atoms with Crippen LogP contribution in [0.25, 0.3) is 0 Å². The SMILES string of the molecule is CC[C@@H](CC1COC(C)(C)O1)S(=O)(=O)[O-].[Na+]. The molecule has 1 saturated heterocycles. The molecule has 1 unspecified atom stereocenters. The van der Waals surface area contributed by atoms with Crippen molar-refractivity contribution in [2.24, 2.45) is 0 Å². The van der Waals surface area contributed by atoms with E-state index in [9.17, 15) is 13.0 Å². The number of rotatable bonds is 4. The van der Waals surface area contributed by atoms with Gasteiger partial charge in [-0.25, -0.2) is 8.42 Å². The van der Waals surface area contributed by atoms with Gasteiger partial charge in [0.25, 0.3) is 0 Å². The fourth-order valence-electron chi connectivity index (χ4n) is 1.66. The summed E-state index contributed by atoms with van der Waals surface area (Å²) in [6, 6.07) is 0. The van der Waals surface area contributed by atoms with Crippen molar-refractivity contribution >= 4 is 10.1 Å². The van der Waals surface area contributed by atoms with E-state index in [-0.39, 0.29) is 42.1 Å². The summed E-state index contributed by atoms with van der Waals surface area (Å²) < 4.78 is 43.3. The van der Waals surface area contributed by atoms with Gasteiger partial charge in [-0.05, 0) is 26.7 Å². The molecular weight excluding hydrogens is 243 g/mol. The molecule has 1 rings (SSSR count). The number of hydrogen-bond donors (Lipinski definition) is 0. The third-order valence-corrected chi connectivity index (χ3v) is 3.80. The Morgan fingerprint density at radius 2 is 2.06 bits per heavy atom. The quantitative estimate of drug-likeness (QED) is 0.426. The van der Waals surface area contributed by atoms with E-state index in [2.05, 4.69) is 0 Å². The summed E-state index contributed by atoms with van der Waals surface area (Å²) >= 11 is 0. The van der Waals surface area contributed by atoms with Crippen molar-refractivity contribution in [3.8, 4) is 0 Å². The fraction of sp³-hybridized carbons (Fsp3) is 1.00. The van der Waals surface area contributed by atoms with Crippen LogP contribution in [0.15, 0.2) is 0 Å². The molecule has 0 radical (unpaired) electrons. The summed E-state index contributed by atoms with van der Waals surface area (Å²) in [4.78, 5) is 0. The van der Waals surface area contributed by atoms with Gasteiger partial charge in [0.2, 0.25) is 0 Å². The van der Waals surface area contributed by atoms with Crippen LogP contribution in [-0.4, -0.2) is 36.7 Å². The van der Waals surface area contributed by atoms with Crippen molar-refractivity contribution in [1.82, 2.24) is 0 Å². The van der Waals surface area contributed by atoms with E-state index >= 15 is 0 Å². The Morgan fingerprint density at radius 1 is 1.50 bits per heavy atom. The molecule has 0 spiro atoms. The summed E-state index contributed by atoms with van der Waals surface area (Å²) in [6.07, 6.45) is 0.228. The predicted molar refractivity (Wildman–Crippen MR) is 53.3 cm³/mol. The van der Waals surface area contributed by atoms with Gasteiger partial charge < -0.3 is 14.0 Å². The first-order chi connectivity index (χ1) is 6.74. The van der Waals surface area contributed by atoms with Crippen molar-refractivity contribution in [1.29, 1.82) is 0 Å². The van der Waals surface area contributed by atoms with E-state index in [1.54, 1.807) is 20.8 Å². The van der Waals surface area contributed by atoms with Crippen molar-refractivity contribution in [2.75, 3.05) is 6.61 Å². The first-order valence-corrected chi connectivity index (χ1v) is 6.48. The van der Waals surface area contributed by atoms with Crippen LogP contribution in [0.3, 0.4) is 0 Å². The van der Waals surface area contributed by atoms with Gasteiger partial charge in [0.05, 0.1) is 28.1 Å². The largest absolute Gasteiger partial charge is 1.00 e. The molecule has 0 N–H and O–H groups in total. The molecule has 0 saturated carbocycles. The maximum Gasteiger partial charge on any atom is 1.00 e. The minimum Gasteiger partial charge on any atom is -0.748 e. The fourth-order valence-corrected chi connectivity index (χ4v) is 2.52. The Bertz CT molecular complexity index is 314. The standard InChI is InChI=1S/C9H18O5S.Na/c1-4-8(15(10,11)12)5-7-6-13-9(2,3)14-7;/h7-8H,4-6H2,1-3H3,(H,10,11,12);/q;+1/p-1/t7?,8-;/m0./s1. The molecule has 1 fully saturated rings. The van der Waals surface area contributed by atoms with Crippen LogP contribution in [0.4, 0.5) is 0 Å². The third-order valence-electron chi connectivity index (χ3n) is 2.46. The summed E-state index contributed by atoms with van der Waals surface area (Å²) in [5, 5.41) is -0.875. The minimum atomic E-state index is -4.23. The van der Waals surface area contributed by atoms with Gasteiger partial charge in [-0.3, -0.25) is 0 Å². The molecule has 16 heavy (non-hydrogen) atoms. The van der Waals surface area contributed by atoms with Gasteiger partial charge in [0.1, 0.15) is 0 Å². The van der Waals surface area contributed by atoms with Gasteiger partial charge in [0, 0.05) is 0 Å². The van der Waals surface area contributed by atoms with Crippen molar-refractivity contribution in [3.05, 3.63) is 0 Å².